The number of esters is 1. The lowest BCUT2D eigenvalue weighted by Gasteiger charge is -2.25. The summed E-state index contributed by atoms with van der Waals surface area (Å²) in [4.78, 5) is 11.0. The fraction of sp³-hybridized carbons (Fsp3) is 0.667. The van der Waals surface area contributed by atoms with Crippen molar-refractivity contribution in [2.24, 2.45) is 0 Å². The first kappa shape index (κ1) is 9.26. The molecule has 1 fully saturated rings. The van der Waals surface area contributed by atoms with Gasteiger partial charge in [-0.05, 0) is 19.3 Å². The first-order chi connectivity index (χ1) is 5.83. The predicted molar refractivity (Wildman–Crippen MR) is 46.8 cm³/mol. The quantitative estimate of drug-likeness (QED) is 0.377. The van der Waals surface area contributed by atoms with E-state index in [4.69, 9.17) is 4.74 Å². The molecule has 0 atom stereocenters. The normalized spacial score (nSPS) is 16.7. The van der Waals surface area contributed by atoms with Crippen LogP contribution in [0.3, 0.4) is 0 Å². The molecular weight excluding hydrogens is 154 g/mol. The molecule has 3 nitrogen and oxygen atoms in total. The maximum atomic E-state index is 11.0. The number of carbonyl (C=O) groups excluding carboxylic acids is 1. The van der Waals surface area contributed by atoms with Crippen LogP contribution in [-0.4, -0.2) is 25.2 Å². The number of nitrogens with one attached hydrogen (secondary N) is 1. The van der Waals surface area contributed by atoms with Crippen molar-refractivity contribution in [2.75, 3.05) is 13.1 Å². The van der Waals surface area contributed by atoms with Crippen LogP contribution in [0.15, 0.2) is 12.7 Å². The van der Waals surface area contributed by atoms with Gasteiger partial charge in [0.2, 0.25) is 0 Å². The third-order valence-corrected chi connectivity index (χ3v) is 1.91. The summed E-state index contributed by atoms with van der Waals surface area (Å²) in [7, 11) is 0. The van der Waals surface area contributed by atoms with Gasteiger partial charge in [-0.1, -0.05) is 6.08 Å². The Bertz CT molecular complexity index is 164. The van der Waals surface area contributed by atoms with Gasteiger partial charge in [0.15, 0.2) is 0 Å². The van der Waals surface area contributed by atoms with Crippen molar-refractivity contribution in [3.63, 3.8) is 0 Å². The molecule has 0 amide bonds. The Kier molecular flexibility index (Phi) is 3.80. The summed E-state index contributed by atoms with van der Waals surface area (Å²) >= 11 is 0. The van der Waals surface area contributed by atoms with Gasteiger partial charge in [0, 0.05) is 6.54 Å². The Morgan fingerprint density at radius 2 is 2.42 bits per heavy atom. The molecule has 0 radical (unpaired) electrons. The summed E-state index contributed by atoms with van der Waals surface area (Å²) in [5.74, 6) is -0.151. The molecular formula is C9H15NO2. The van der Waals surface area contributed by atoms with Gasteiger partial charge in [-0.3, -0.25) is 4.79 Å². The zero-order valence-electron chi connectivity index (χ0n) is 7.21. The highest BCUT2D eigenvalue weighted by Gasteiger charge is 2.20. The van der Waals surface area contributed by atoms with Crippen LogP contribution < -0.4 is 5.32 Å². The first-order valence-electron chi connectivity index (χ1n) is 4.34. The van der Waals surface area contributed by atoms with E-state index in [9.17, 15) is 4.79 Å². The van der Waals surface area contributed by atoms with Crippen molar-refractivity contribution in [1.29, 1.82) is 0 Å². The SMILES string of the molecule is C=CCNCC(=O)OC1CCC1. The molecule has 1 aliphatic carbocycles. The highest BCUT2D eigenvalue weighted by atomic mass is 16.5. The third-order valence-electron chi connectivity index (χ3n) is 1.91. The molecule has 0 bridgehead atoms. The molecule has 0 unspecified atom stereocenters. The second kappa shape index (κ2) is 4.93. The van der Waals surface area contributed by atoms with Gasteiger partial charge in [-0.15, -0.1) is 6.58 Å². The molecule has 1 N–H and O–H groups in total. The molecule has 0 aromatic rings. The van der Waals surface area contributed by atoms with Crippen molar-refractivity contribution in [1.82, 2.24) is 5.32 Å². The van der Waals surface area contributed by atoms with Crippen molar-refractivity contribution in [3.8, 4) is 0 Å². The van der Waals surface area contributed by atoms with Crippen LogP contribution in [0.5, 0.6) is 0 Å². The van der Waals surface area contributed by atoms with Crippen molar-refractivity contribution < 1.29 is 9.53 Å². The van der Waals surface area contributed by atoms with E-state index in [1.807, 2.05) is 0 Å². The minimum Gasteiger partial charge on any atom is -0.461 e. The molecule has 0 saturated heterocycles. The molecule has 68 valence electrons. The second-order valence-electron chi connectivity index (χ2n) is 2.96. The summed E-state index contributed by atoms with van der Waals surface area (Å²) < 4.78 is 5.10. The Morgan fingerprint density at radius 3 is 2.92 bits per heavy atom. The monoisotopic (exact) mass is 169 g/mol. The van der Waals surface area contributed by atoms with E-state index in [1.165, 1.54) is 6.42 Å². The molecule has 0 aromatic carbocycles. The topological polar surface area (TPSA) is 38.3 Å². The first-order valence-corrected chi connectivity index (χ1v) is 4.34. The number of ether oxygens (including phenoxy) is 1. The van der Waals surface area contributed by atoms with E-state index in [2.05, 4.69) is 11.9 Å². The van der Waals surface area contributed by atoms with E-state index in [0.29, 0.717) is 13.1 Å². The Hall–Kier alpha value is -0.830. The highest BCUT2D eigenvalue weighted by Crippen LogP contribution is 2.21. The molecule has 0 aromatic heterocycles. The number of hydrogen-bond acceptors (Lipinski definition) is 3. The van der Waals surface area contributed by atoms with Crippen LogP contribution in [-0.2, 0) is 9.53 Å². The van der Waals surface area contributed by atoms with Crippen molar-refractivity contribution in [2.45, 2.75) is 25.4 Å². The van der Waals surface area contributed by atoms with Crippen molar-refractivity contribution in [3.05, 3.63) is 12.7 Å². The lowest BCUT2D eigenvalue weighted by molar-refractivity contribution is -0.151. The van der Waals surface area contributed by atoms with Crippen LogP contribution in [0.1, 0.15) is 19.3 Å². The van der Waals surface area contributed by atoms with Crippen LogP contribution in [0, 0.1) is 0 Å². The summed E-state index contributed by atoms with van der Waals surface area (Å²) in [5, 5.41) is 2.90. The number of carbonyl (C=O) groups is 1. The Labute approximate surface area is 72.8 Å². The van der Waals surface area contributed by atoms with Crippen LogP contribution in [0.2, 0.25) is 0 Å². The maximum Gasteiger partial charge on any atom is 0.320 e. The van der Waals surface area contributed by atoms with E-state index in [-0.39, 0.29) is 12.1 Å². The predicted octanol–water partition coefficient (Wildman–Crippen LogP) is 0.858. The molecule has 12 heavy (non-hydrogen) atoms. The smallest absolute Gasteiger partial charge is 0.320 e. The van der Waals surface area contributed by atoms with Gasteiger partial charge < -0.3 is 10.1 Å². The lowest BCUT2D eigenvalue weighted by atomic mass is 9.96. The van der Waals surface area contributed by atoms with Gasteiger partial charge in [0.1, 0.15) is 6.10 Å². The fourth-order valence-corrected chi connectivity index (χ4v) is 0.992. The fourth-order valence-electron chi connectivity index (χ4n) is 0.992. The third kappa shape index (κ3) is 3.05. The average Bonchev–Trinajstić information content (AvgIpc) is 1.98. The summed E-state index contributed by atoms with van der Waals surface area (Å²) in [6.45, 7) is 4.48. The van der Waals surface area contributed by atoms with Crippen LogP contribution in [0.25, 0.3) is 0 Å². The zero-order valence-corrected chi connectivity index (χ0v) is 7.21. The van der Waals surface area contributed by atoms with E-state index in [1.54, 1.807) is 6.08 Å². The lowest BCUT2D eigenvalue weighted by Crippen LogP contribution is -2.31. The second-order valence-corrected chi connectivity index (χ2v) is 2.96. The van der Waals surface area contributed by atoms with Gasteiger partial charge in [-0.25, -0.2) is 0 Å². The molecule has 1 saturated carbocycles. The summed E-state index contributed by atoms with van der Waals surface area (Å²) in [5.41, 5.74) is 0. The number of rotatable bonds is 5. The van der Waals surface area contributed by atoms with E-state index < -0.39 is 0 Å². The highest BCUT2D eigenvalue weighted by molar-refractivity contribution is 5.71. The molecule has 3 heteroatoms. The average molecular weight is 169 g/mol. The minimum atomic E-state index is -0.151. The van der Waals surface area contributed by atoms with Crippen LogP contribution in [0.4, 0.5) is 0 Å². The molecule has 1 rings (SSSR count). The molecule has 0 heterocycles. The van der Waals surface area contributed by atoms with Gasteiger partial charge in [-0.2, -0.15) is 0 Å². The standard InChI is InChI=1S/C9H15NO2/c1-2-6-10-7-9(11)12-8-4-3-5-8/h2,8,10H,1,3-7H2. The van der Waals surface area contributed by atoms with Gasteiger partial charge >= 0.3 is 5.97 Å². The van der Waals surface area contributed by atoms with Crippen molar-refractivity contribution >= 4 is 5.97 Å². The van der Waals surface area contributed by atoms with E-state index in [0.717, 1.165) is 12.8 Å². The minimum absolute atomic E-state index is 0.151. The zero-order chi connectivity index (χ0) is 8.81. The van der Waals surface area contributed by atoms with E-state index >= 15 is 0 Å². The molecule has 0 aliphatic heterocycles. The van der Waals surface area contributed by atoms with Gasteiger partial charge in [0.25, 0.3) is 0 Å². The van der Waals surface area contributed by atoms with Gasteiger partial charge in [0.05, 0.1) is 6.54 Å². The largest absolute Gasteiger partial charge is 0.461 e. The Morgan fingerprint density at radius 1 is 1.67 bits per heavy atom. The summed E-state index contributed by atoms with van der Waals surface area (Å²) in [6.07, 6.45) is 5.18. The Balaban J connectivity index is 1.99. The maximum absolute atomic E-state index is 11.0. The summed E-state index contributed by atoms with van der Waals surface area (Å²) in [6, 6.07) is 0. The molecule has 0 spiro atoms. The number of hydrogen-bond donors (Lipinski definition) is 1. The molecule has 1 aliphatic rings. The van der Waals surface area contributed by atoms with Crippen LogP contribution >= 0.6 is 0 Å².